The molecule has 0 aliphatic heterocycles. The predicted octanol–water partition coefficient (Wildman–Crippen LogP) is 2.04. The second-order valence-corrected chi connectivity index (χ2v) is 4.15. The van der Waals surface area contributed by atoms with Gasteiger partial charge in [-0.15, -0.1) is 0 Å². The van der Waals surface area contributed by atoms with Gasteiger partial charge in [0, 0.05) is 15.6 Å². The van der Waals surface area contributed by atoms with Gasteiger partial charge in [0.15, 0.2) is 0 Å². The molecule has 0 saturated heterocycles. The van der Waals surface area contributed by atoms with E-state index in [-0.39, 0.29) is 12.5 Å². The van der Waals surface area contributed by atoms with Crippen LogP contribution in [0.25, 0.3) is 0 Å². The van der Waals surface area contributed by atoms with Crippen molar-refractivity contribution in [2.75, 3.05) is 0 Å². The molecule has 0 spiro atoms. The first-order valence-corrected chi connectivity index (χ1v) is 5.49. The van der Waals surface area contributed by atoms with Crippen LogP contribution in [0, 0.1) is 0 Å². The van der Waals surface area contributed by atoms with Gasteiger partial charge in [-0.25, -0.2) is 4.98 Å². The fourth-order valence-electron chi connectivity index (χ4n) is 1.27. The van der Waals surface area contributed by atoms with Crippen molar-refractivity contribution < 1.29 is 4.79 Å². The number of hydrogen-bond acceptors (Lipinski definition) is 3. The fraction of sp³-hybridized carbons (Fsp3) is 0.100. The quantitative estimate of drug-likeness (QED) is 0.897. The van der Waals surface area contributed by atoms with Gasteiger partial charge in [-0.2, -0.15) is 5.10 Å². The molecule has 0 bridgehead atoms. The second kappa shape index (κ2) is 5.16. The smallest absolute Gasteiger partial charge is 0.251 e. The largest absolute Gasteiger partial charge is 0.345 e. The molecule has 2 N–H and O–H groups in total. The Bertz CT molecular complexity index is 507. The molecular formula is C10H8Cl2N4O. The molecule has 0 fully saturated rings. The molecule has 0 atom stereocenters. The number of rotatable bonds is 3. The van der Waals surface area contributed by atoms with E-state index in [1.807, 2.05) is 0 Å². The monoisotopic (exact) mass is 270 g/mol. The molecule has 2 aromatic rings. The maximum atomic E-state index is 11.8. The van der Waals surface area contributed by atoms with Crippen molar-refractivity contribution >= 4 is 29.1 Å². The van der Waals surface area contributed by atoms with Crippen LogP contribution < -0.4 is 5.32 Å². The summed E-state index contributed by atoms with van der Waals surface area (Å²) >= 11 is 11.6. The molecule has 17 heavy (non-hydrogen) atoms. The first kappa shape index (κ1) is 11.9. The zero-order valence-electron chi connectivity index (χ0n) is 8.58. The first-order valence-electron chi connectivity index (χ1n) is 4.73. The number of H-pyrrole nitrogens is 1. The summed E-state index contributed by atoms with van der Waals surface area (Å²) in [6, 6.07) is 4.66. The average Bonchev–Trinajstić information content (AvgIpc) is 2.77. The van der Waals surface area contributed by atoms with Gasteiger partial charge in [-0.05, 0) is 18.2 Å². The van der Waals surface area contributed by atoms with Crippen LogP contribution in [-0.4, -0.2) is 21.1 Å². The van der Waals surface area contributed by atoms with Crippen LogP contribution in [0.4, 0.5) is 0 Å². The van der Waals surface area contributed by atoms with Gasteiger partial charge in [-0.1, -0.05) is 23.2 Å². The molecule has 7 heteroatoms. The summed E-state index contributed by atoms with van der Waals surface area (Å²) in [5.74, 6) is 0.303. The van der Waals surface area contributed by atoms with E-state index in [2.05, 4.69) is 20.5 Å². The topological polar surface area (TPSA) is 70.7 Å². The molecule has 5 nitrogen and oxygen atoms in total. The minimum Gasteiger partial charge on any atom is -0.345 e. The summed E-state index contributed by atoms with van der Waals surface area (Å²) in [5, 5.41) is 9.81. The Labute approximate surface area is 107 Å². The van der Waals surface area contributed by atoms with E-state index in [1.54, 1.807) is 18.2 Å². The van der Waals surface area contributed by atoms with Crippen LogP contribution in [0.3, 0.4) is 0 Å². The maximum Gasteiger partial charge on any atom is 0.251 e. The Kier molecular flexibility index (Phi) is 3.61. The van der Waals surface area contributed by atoms with Gasteiger partial charge in [0.1, 0.15) is 12.2 Å². The van der Waals surface area contributed by atoms with Crippen molar-refractivity contribution in [2.45, 2.75) is 6.54 Å². The lowest BCUT2D eigenvalue weighted by Crippen LogP contribution is -2.23. The predicted molar refractivity (Wildman–Crippen MR) is 64.0 cm³/mol. The molecule has 1 heterocycles. The summed E-state index contributed by atoms with van der Waals surface area (Å²) in [5.41, 5.74) is 0.405. The van der Waals surface area contributed by atoms with Gasteiger partial charge in [0.25, 0.3) is 5.91 Å². The first-order chi connectivity index (χ1) is 8.15. The molecule has 1 amide bonds. The SMILES string of the molecule is O=C(NCc1ncn[nH]1)c1cc(Cl)cc(Cl)c1. The molecule has 0 saturated carbocycles. The molecule has 0 unspecified atom stereocenters. The highest BCUT2D eigenvalue weighted by Crippen LogP contribution is 2.18. The normalized spacial score (nSPS) is 10.2. The van der Waals surface area contributed by atoms with Crippen LogP contribution in [0.1, 0.15) is 16.2 Å². The molecular weight excluding hydrogens is 263 g/mol. The minimum absolute atomic E-state index is 0.267. The Hall–Kier alpha value is -1.59. The van der Waals surface area contributed by atoms with Crippen molar-refractivity contribution in [3.05, 3.63) is 46.0 Å². The van der Waals surface area contributed by atoms with Gasteiger partial charge in [0.05, 0.1) is 6.54 Å². The highest BCUT2D eigenvalue weighted by atomic mass is 35.5. The van der Waals surface area contributed by atoms with Crippen molar-refractivity contribution in [2.24, 2.45) is 0 Å². The Morgan fingerprint density at radius 1 is 1.29 bits per heavy atom. The molecule has 0 radical (unpaired) electrons. The number of benzene rings is 1. The molecule has 1 aromatic heterocycles. The Morgan fingerprint density at radius 3 is 2.59 bits per heavy atom. The van der Waals surface area contributed by atoms with E-state index in [0.29, 0.717) is 21.4 Å². The van der Waals surface area contributed by atoms with Crippen LogP contribution in [-0.2, 0) is 6.54 Å². The van der Waals surface area contributed by atoms with E-state index < -0.39 is 0 Å². The molecule has 1 aromatic carbocycles. The van der Waals surface area contributed by atoms with Crippen LogP contribution in [0.5, 0.6) is 0 Å². The number of halogens is 2. The number of nitrogens with zero attached hydrogens (tertiary/aromatic N) is 2. The molecule has 0 aliphatic carbocycles. The fourth-order valence-corrected chi connectivity index (χ4v) is 1.79. The summed E-state index contributed by atoms with van der Waals surface area (Å²) < 4.78 is 0. The number of nitrogens with one attached hydrogen (secondary N) is 2. The summed E-state index contributed by atoms with van der Waals surface area (Å²) in [7, 11) is 0. The zero-order valence-corrected chi connectivity index (χ0v) is 10.1. The van der Waals surface area contributed by atoms with Crippen molar-refractivity contribution in [1.29, 1.82) is 0 Å². The molecule has 2 rings (SSSR count). The van der Waals surface area contributed by atoms with E-state index in [9.17, 15) is 4.79 Å². The van der Waals surface area contributed by atoms with Crippen LogP contribution in [0.15, 0.2) is 24.5 Å². The number of carbonyl (C=O) groups excluding carboxylic acids is 1. The van der Waals surface area contributed by atoms with Gasteiger partial charge in [0.2, 0.25) is 0 Å². The summed E-state index contributed by atoms with van der Waals surface area (Å²) in [4.78, 5) is 15.6. The van der Waals surface area contributed by atoms with Crippen LogP contribution >= 0.6 is 23.2 Å². The highest BCUT2D eigenvalue weighted by Gasteiger charge is 2.08. The lowest BCUT2D eigenvalue weighted by Gasteiger charge is -2.04. The number of aromatic amines is 1. The third-order valence-electron chi connectivity index (χ3n) is 2.01. The lowest BCUT2D eigenvalue weighted by atomic mass is 10.2. The van der Waals surface area contributed by atoms with Crippen molar-refractivity contribution in [3.8, 4) is 0 Å². The third kappa shape index (κ3) is 3.18. The third-order valence-corrected chi connectivity index (χ3v) is 2.44. The summed E-state index contributed by atoms with van der Waals surface area (Å²) in [6.45, 7) is 0.267. The zero-order chi connectivity index (χ0) is 12.3. The van der Waals surface area contributed by atoms with E-state index in [1.165, 1.54) is 6.33 Å². The average molecular weight is 271 g/mol. The van der Waals surface area contributed by atoms with Gasteiger partial charge >= 0.3 is 0 Å². The van der Waals surface area contributed by atoms with E-state index in [4.69, 9.17) is 23.2 Å². The van der Waals surface area contributed by atoms with Crippen LogP contribution in [0.2, 0.25) is 10.0 Å². The van der Waals surface area contributed by atoms with Crippen molar-refractivity contribution in [3.63, 3.8) is 0 Å². The van der Waals surface area contributed by atoms with Gasteiger partial charge in [-0.3, -0.25) is 9.89 Å². The number of amides is 1. The number of hydrogen-bond donors (Lipinski definition) is 2. The Morgan fingerprint density at radius 2 is 2.00 bits per heavy atom. The van der Waals surface area contributed by atoms with Gasteiger partial charge < -0.3 is 5.32 Å². The second-order valence-electron chi connectivity index (χ2n) is 3.27. The standard InChI is InChI=1S/C10H8Cl2N4O/c11-7-1-6(2-8(12)3-7)10(17)13-4-9-14-5-15-16-9/h1-3,5H,4H2,(H,13,17)(H,14,15,16). The lowest BCUT2D eigenvalue weighted by molar-refractivity contribution is 0.0950. The summed E-state index contributed by atoms with van der Waals surface area (Å²) in [6.07, 6.45) is 1.37. The maximum absolute atomic E-state index is 11.8. The molecule has 88 valence electrons. The highest BCUT2D eigenvalue weighted by molar-refractivity contribution is 6.35. The Balaban J connectivity index is 2.04. The minimum atomic E-state index is -0.272. The number of carbonyl (C=O) groups is 1. The van der Waals surface area contributed by atoms with Crippen molar-refractivity contribution in [1.82, 2.24) is 20.5 Å². The van der Waals surface area contributed by atoms with E-state index >= 15 is 0 Å². The van der Waals surface area contributed by atoms with E-state index in [0.717, 1.165) is 0 Å². The number of aromatic nitrogens is 3. The molecule has 0 aliphatic rings.